The fourth-order valence-electron chi connectivity index (χ4n) is 2.17. The second-order valence-corrected chi connectivity index (χ2v) is 7.43. The number of nitrogens with zero attached hydrogens (tertiary/aromatic N) is 2. The van der Waals surface area contributed by atoms with Crippen molar-refractivity contribution < 1.29 is 8.42 Å². The summed E-state index contributed by atoms with van der Waals surface area (Å²) in [6.45, 7) is 0.516. The Balaban J connectivity index is 1.84. The summed E-state index contributed by atoms with van der Waals surface area (Å²) in [5.74, 6) is 0.746. The van der Waals surface area contributed by atoms with Crippen LogP contribution in [0.4, 0.5) is 5.82 Å². The van der Waals surface area contributed by atoms with Crippen LogP contribution >= 0.6 is 22.6 Å². The van der Waals surface area contributed by atoms with E-state index in [1.54, 1.807) is 12.1 Å². The number of hydrogen-bond acceptors (Lipinski definition) is 5. The number of nitrogens with one attached hydrogen (secondary N) is 1. The maximum absolute atomic E-state index is 11.3. The largest absolute Gasteiger partial charge is 0.365 e. The number of rotatable bonds is 4. The van der Waals surface area contributed by atoms with Gasteiger partial charge in [-0.05, 0) is 29.8 Å². The minimum absolute atomic E-state index is 0.100. The Kier molecular flexibility index (Phi) is 4.46. The van der Waals surface area contributed by atoms with Crippen LogP contribution in [0.15, 0.2) is 53.4 Å². The summed E-state index contributed by atoms with van der Waals surface area (Å²) in [6.07, 6.45) is 0. The highest BCUT2D eigenvalue weighted by Gasteiger charge is 2.08. The van der Waals surface area contributed by atoms with Crippen molar-refractivity contribution in [3.63, 3.8) is 0 Å². The zero-order chi connectivity index (χ0) is 16.4. The molecule has 8 heteroatoms. The third-order valence-corrected chi connectivity index (χ3v) is 4.70. The number of halogens is 1. The Morgan fingerprint density at radius 1 is 1.04 bits per heavy atom. The molecule has 1 heterocycles. The highest BCUT2D eigenvalue weighted by atomic mass is 127. The van der Waals surface area contributed by atoms with Crippen LogP contribution in [0.2, 0.25) is 0 Å². The van der Waals surface area contributed by atoms with Gasteiger partial charge in [0.05, 0.1) is 10.4 Å². The van der Waals surface area contributed by atoms with Crippen molar-refractivity contribution in [3.05, 3.63) is 57.9 Å². The van der Waals surface area contributed by atoms with Crippen molar-refractivity contribution in [3.8, 4) is 0 Å². The molecule has 1 aromatic heterocycles. The SMILES string of the molecule is NS(=O)(=O)c1ccc(CNc2nc(I)nc3ccccc23)cc1. The number of benzene rings is 2. The highest BCUT2D eigenvalue weighted by molar-refractivity contribution is 14.1. The Labute approximate surface area is 147 Å². The normalized spacial score (nSPS) is 11.6. The molecule has 0 aliphatic heterocycles. The van der Waals surface area contributed by atoms with Crippen molar-refractivity contribution in [1.29, 1.82) is 0 Å². The summed E-state index contributed by atoms with van der Waals surface area (Å²) in [4.78, 5) is 8.91. The third kappa shape index (κ3) is 3.77. The highest BCUT2D eigenvalue weighted by Crippen LogP contribution is 2.21. The van der Waals surface area contributed by atoms with Crippen LogP contribution in [0.3, 0.4) is 0 Å². The molecule has 0 aliphatic rings. The number of aromatic nitrogens is 2. The van der Waals surface area contributed by atoms with Gasteiger partial charge >= 0.3 is 0 Å². The van der Waals surface area contributed by atoms with Crippen molar-refractivity contribution in [1.82, 2.24) is 9.97 Å². The first kappa shape index (κ1) is 16.1. The molecule has 0 amide bonds. The third-order valence-electron chi connectivity index (χ3n) is 3.29. The number of primary sulfonamides is 1. The molecule has 0 radical (unpaired) electrons. The molecule has 2 aromatic carbocycles. The topological polar surface area (TPSA) is 98.0 Å². The lowest BCUT2D eigenvalue weighted by molar-refractivity contribution is 0.598. The number of sulfonamides is 1. The monoisotopic (exact) mass is 440 g/mol. The standard InChI is InChI=1S/C15H13IN4O2S/c16-15-19-13-4-2-1-3-12(13)14(20-15)18-9-10-5-7-11(8-6-10)23(17,21)22/h1-8H,9H2,(H2,17,21,22)(H,18,19,20). The first-order valence-electron chi connectivity index (χ1n) is 6.71. The molecule has 3 aromatic rings. The van der Waals surface area contributed by atoms with Crippen LogP contribution in [0.25, 0.3) is 10.9 Å². The molecule has 3 N–H and O–H groups in total. The van der Waals surface area contributed by atoms with E-state index in [-0.39, 0.29) is 4.90 Å². The maximum atomic E-state index is 11.3. The molecule has 0 bridgehead atoms. The average Bonchev–Trinajstić information content (AvgIpc) is 2.52. The number of nitrogens with two attached hydrogens (primary N) is 1. The molecule has 0 spiro atoms. The van der Waals surface area contributed by atoms with E-state index >= 15 is 0 Å². The van der Waals surface area contributed by atoms with Gasteiger partial charge in [-0.1, -0.05) is 24.3 Å². The molecule has 0 saturated carbocycles. The van der Waals surface area contributed by atoms with Crippen LogP contribution in [-0.4, -0.2) is 18.4 Å². The molecule has 0 unspecified atom stereocenters. The second-order valence-electron chi connectivity index (χ2n) is 4.90. The second kappa shape index (κ2) is 6.38. The Morgan fingerprint density at radius 2 is 1.74 bits per heavy atom. The molecule has 6 nitrogen and oxygen atoms in total. The first-order chi connectivity index (χ1) is 10.9. The lowest BCUT2D eigenvalue weighted by Crippen LogP contribution is -2.12. The van der Waals surface area contributed by atoms with Crippen molar-refractivity contribution in [2.75, 3.05) is 5.32 Å². The molecule has 0 fully saturated rings. The zero-order valence-electron chi connectivity index (χ0n) is 11.9. The van der Waals surface area contributed by atoms with Gasteiger partial charge in [0.25, 0.3) is 0 Å². The van der Waals surface area contributed by atoms with Gasteiger partial charge in [-0.15, -0.1) is 0 Å². The summed E-state index contributed by atoms with van der Waals surface area (Å²) < 4.78 is 23.2. The summed E-state index contributed by atoms with van der Waals surface area (Å²) in [5, 5.41) is 9.29. The molecule has 118 valence electrons. The molecular formula is C15H13IN4O2S. The van der Waals surface area contributed by atoms with Crippen LogP contribution < -0.4 is 10.5 Å². The van der Waals surface area contributed by atoms with E-state index in [0.717, 1.165) is 22.3 Å². The van der Waals surface area contributed by atoms with Gasteiger partial charge in [0.1, 0.15) is 5.82 Å². The Morgan fingerprint density at radius 3 is 2.43 bits per heavy atom. The lowest BCUT2D eigenvalue weighted by Gasteiger charge is -2.09. The minimum atomic E-state index is -3.66. The van der Waals surface area contributed by atoms with Crippen molar-refractivity contribution >= 4 is 49.3 Å². The van der Waals surface area contributed by atoms with E-state index in [0.29, 0.717) is 10.4 Å². The van der Waals surface area contributed by atoms with Crippen molar-refractivity contribution in [2.24, 2.45) is 5.14 Å². The maximum Gasteiger partial charge on any atom is 0.238 e. The summed E-state index contributed by atoms with van der Waals surface area (Å²) >= 11 is 2.08. The molecule has 3 rings (SSSR count). The Hall–Kier alpha value is -1.78. The number of hydrogen-bond donors (Lipinski definition) is 2. The fraction of sp³-hybridized carbons (Fsp3) is 0.0667. The predicted octanol–water partition coefficient (Wildman–Crippen LogP) is 2.49. The summed E-state index contributed by atoms with van der Waals surface area (Å²) in [5.41, 5.74) is 1.80. The molecular weight excluding hydrogens is 427 g/mol. The van der Waals surface area contributed by atoms with Gasteiger partial charge in [0.2, 0.25) is 10.0 Å². The first-order valence-corrected chi connectivity index (χ1v) is 9.34. The summed E-state index contributed by atoms with van der Waals surface area (Å²) in [7, 11) is -3.66. The minimum Gasteiger partial charge on any atom is -0.365 e. The van der Waals surface area contributed by atoms with E-state index in [1.165, 1.54) is 12.1 Å². The lowest BCUT2D eigenvalue weighted by atomic mass is 10.2. The van der Waals surface area contributed by atoms with E-state index < -0.39 is 10.0 Å². The van der Waals surface area contributed by atoms with Gasteiger partial charge in [0.15, 0.2) is 3.83 Å². The predicted molar refractivity (Wildman–Crippen MR) is 97.4 cm³/mol. The van der Waals surface area contributed by atoms with Gasteiger partial charge in [-0.25, -0.2) is 23.5 Å². The van der Waals surface area contributed by atoms with Crippen LogP contribution in [0, 0.1) is 3.83 Å². The van der Waals surface area contributed by atoms with Crippen molar-refractivity contribution in [2.45, 2.75) is 11.4 Å². The Bertz CT molecular complexity index is 959. The van der Waals surface area contributed by atoms with Gasteiger partial charge in [-0.2, -0.15) is 0 Å². The van der Waals surface area contributed by atoms with Crippen LogP contribution in [0.1, 0.15) is 5.56 Å². The molecule has 0 saturated heterocycles. The average molecular weight is 440 g/mol. The fourth-order valence-corrected chi connectivity index (χ4v) is 3.18. The van der Waals surface area contributed by atoms with Crippen LogP contribution in [0.5, 0.6) is 0 Å². The summed E-state index contributed by atoms with van der Waals surface area (Å²) in [6, 6.07) is 14.2. The number of para-hydroxylation sites is 1. The van der Waals surface area contributed by atoms with Gasteiger partial charge in [0, 0.05) is 34.5 Å². The van der Waals surface area contributed by atoms with E-state index in [4.69, 9.17) is 5.14 Å². The molecule has 0 aliphatic carbocycles. The van der Waals surface area contributed by atoms with E-state index in [9.17, 15) is 8.42 Å². The smallest absolute Gasteiger partial charge is 0.238 e. The van der Waals surface area contributed by atoms with Gasteiger partial charge in [-0.3, -0.25) is 0 Å². The molecule has 0 atom stereocenters. The number of fused-ring (bicyclic) bond motifs is 1. The van der Waals surface area contributed by atoms with E-state index in [2.05, 4.69) is 37.9 Å². The quantitative estimate of drug-likeness (QED) is 0.480. The number of anilines is 1. The zero-order valence-corrected chi connectivity index (χ0v) is 14.9. The molecule has 23 heavy (non-hydrogen) atoms. The van der Waals surface area contributed by atoms with Gasteiger partial charge < -0.3 is 5.32 Å². The van der Waals surface area contributed by atoms with Crippen LogP contribution in [-0.2, 0) is 16.6 Å². The van der Waals surface area contributed by atoms with E-state index in [1.807, 2.05) is 24.3 Å².